The van der Waals surface area contributed by atoms with Gasteiger partial charge in [0.2, 0.25) is 0 Å². The maximum absolute atomic E-state index is 12.4. The first-order chi connectivity index (χ1) is 10.9. The summed E-state index contributed by atoms with van der Waals surface area (Å²) in [5.74, 6) is -0.858. The number of hydrogen-bond donors (Lipinski definition) is 0. The monoisotopic (exact) mass is 342 g/mol. The van der Waals surface area contributed by atoms with Gasteiger partial charge in [0.15, 0.2) is 11.9 Å². The van der Waals surface area contributed by atoms with E-state index < -0.39 is 22.9 Å². The number of fused-ring (bicyclic) bond motifs is 1. The fourth-order valence-electron chi connectivity index (χ4n) is 2.30. The molecule has 0 spiro atoms. The molecule has 0 N–H and O–H groups in total. The van der Waals surface area contributed by atoms with Crippen LogP contribution in [0.3, 0.4) is 0 Å². The third-order valence-electron chi connectivity index (χ3n) is 3.30. The number of esters is 1. The fraction of sp³-hybridized carbons (Fsp3) is 0.429. The van der Waals surface area contributed by atoms with Crippen LogP contribution >= 0.6 is 11.6 Å². The van der Waals surface area contributed by atoms with Crippen molar-refractivity contribution < 1.29 is 24.0 Å². The number of nitrogens with zero attached hydrogens (tertiary/aromatic N) is 2. The van der Waals surface area contributed by atoms with E-state index in [1.807, 2.05) is 0 Å². The van der Waals surface area contributed by atoms with E-state index in [-0.39, 0.29) is 29.5 Å². The van der Waals surface area contributed by atoms with Gasteiger partial charge in [-0.2, -0.15) is 0 Å². The molecule has 9 heteroatoms. The normalized spacial score (nSPS) is 16.6. The maximum atomic E-state index is 12.4. The molecule has 0 radical (unpaired) electrons. The van der Waals surface area contributed by atoms with Crippen molar-refractivity contribution in [1.82, 2.24) is 0 Å². The molecule has 2 rings (SSSR count). The lowest BCUT2D eigenvalue weighted by molar-refractivity contribution is -0.384. The van der Waals surface area contributed by atoms with Gasteiger partial charge in [0.1, 0.15) is 5.02 Å². The van der Waals surface area contributed by atoms with Gasteiger partial charge in [-0.3, -0.25) is 19.7 Å². The highest BCUT2D eigenvalue weighted by molar-refractivity contribution is 6.33. The lowest BCUT2D eigenvalue weighted by atomic mass is 10.1. The molecule has 0 bridgehead atoms. The molecule has 1 amide bonds. The van der Waals surface area contributed by atoms with Crippen molar-refractivity contribution in [3.8, 4) is 5.75 Å². The zero-order valence-electron chi connectivity index (χ0n) is 12.6. The molecule has 0 saturated carbocycles. The Morgan fingerprint density at radius 1 is 1.48 bits per heavy atom. The van der Waals surface area contributed by atoms with Crippen LogP contribution in [0, 0.1) is 10.1 Å². The summed E-state index contributed by atoms with van der Waals surface area (Å²) in [7, 11) is 0. The van der Waals surface area contributed by atoms with Crippen molar-refractivity contribution in [2.75, 3.05) is 18.1 Å². The highest BCUT2D eigenvalue weighted by Crippen LogP contribution is 2.41. The molecule has 0 aliphatic carbocycles. The Kier molecular flexibility index (Phi) is 5.05. The van der Waals surface area contributed by atoms with E-state index in [1.54, 1.807) is 13.8 Å². The Hall–Kier alpha value is -2.35. The molecule has 0 aromatic heterocycles. The standard InChI is InChI=1S/C14H15ClN2O6/c1-3-16-10-5-8(15)9(17(20)21)6-11(10)23-12(14(16)19)7-13(18)22-4-2/h5-6,12H,3-4,7H2,1-2H3. The van der Waals surface area contributed by atoms with E-state index in [0.29, 0.717) is 12.2 Å². The zero-order valence-corrected chi connectivity index (χ0v) is 13.3. The van der Waals surface area contributed by atoms with Crippen molar-refractivity contribution in [3.63, 3.8) is 0 Å². The number of ether oxygens (including phenoxy) is 2. The van der Waals surface area contributed by atoms with Crippen LogP contribution in [0.2, 0.25) is 5.02 Å². The van der Waals surface area contributed by atoms with Crippen molar-refractivity contribution in [2.45, 2.75) is 26.4 Å². The SMILES string of the molecule is CCOC(=O)CC1Oc2cc([N+](=O)[O-])c(Cl)cc2N(CC)C1=O. The number of rotatable bonds is 5. The Morgan fingerprint density at radius 3 is 2.74 bits per heavy atom. The molecule has 0 saturated heterocycles. The van der Waals surface area contributed by atoms with Crippen molar-refractivity contribution in [2.24, 2.45) is 0 Å². The number of benzene rings is 1. The molecular formula is C14H15ClN2O6. The minimum Gasteiger partial charge on any atom is -0.477 e. The van der Waals surface area contributed by atoms with Crippen LogP contribution in [0.25, 0.3) is 0 Å². The number of likely N-dealkylation sites (N-methyl/N-ethyl adjacent to an activating group) is 1. The summed E-state index contributed by atoms with van der Waals surface area (Å²) in [5, 5.41) is 10.9. The van der Waals surface area contributed by atoms with Gasteiger partial charge in [-0.25, -0.2) is 0 Å². The Labute approximate surface area is 137 Å². The number of amides is 1. The van der Waals surface area contributed by atoms with Crippen LogP contribution in [0.1, 0.15) is 20.3 Å². The van der Waals surface area contributed by atoms with Crippen molar-refractivity contribution in [3.05, 3.63) is 27.3 Å². The largest absolute Gasteiger partial charge is 0.477 e. The number of nitro groups is 1. The van der Waals surface area contributed by atoms with E-state index in [4.69, 9.17) is 21.1 Å². The fourth-order valence-corrected chi connectivity index (χ4v) is 2.53. The molecule has 1 atom stereocenters. The van der Waals surface area contributed by atoms with Gasteiger partial charge >= 0.3 is 5.97 Å². The summed E-state index contributed by atoms with van der Waals surface area (Å²) in [6.07, 6.45) is -1.35. The second kappa shape index (κ2) is 6.82. The molecule has 8 nitrogen and oxygen atoms in total. The van der Waals surface area contributed by atoms with Crippen LogP contribution in [-0.2, 0) is 14.3 Å². The lowest BCUT2D eigenvalue weighted by Gasteiger charge is -2.33. The van der Waals surface area contributed by atoms with Gasteiger partial charge in [-0.1, -0.05) is 11.6 Å². The molecule has 1 aliphatic heterocycles. The molecule has 0 fully saturated rings. The molecule has 1 heterocycles. The highest BCUT2D eigenvalue weighted by Gasteiger charge is 2.37. The van der Waals surface area contributed by atoms with E-state index in [1.165, 1.54) is 11.0 Å². The van der Waals surface area contributed by atoms with Gasteiger partial charge in [-0.05, 0) is 19.9 Å². The molecule has 124 valence electrons. The molecule has 23 heavy (non-hydrogen) atoms. The van der Waals surface area contributed by atoms with Crippen LogP contribution in [0.15, 0.2) is 12.1 Å². The lowest BCUT2D eigenvalue weighted by Crippen LogP contribution is -2.46. The topological polar surface area (TPSA) is 99.0 Å². The summed E-state index contributed by atoms with van der Waals surface area (Å²) in [6, 6.07) is 2.47. The molecule has 1 aromatic carbocycles. The Balaban J connectivity index is 2.39. The average Bonchev–Trinajstić information content (AvgIpc) is 2.48. The number of nitro benzene ring substituents is 1. The quantitative estimate of drug-likeness (QED) is 0.462. The van der Waals surface area contributed by atoms with Gasteiger partial charge in [0.05, 0.1) is 29.7 Å². The molecular weight excluding hydrogens is 328 g/mol. The van der Waals surface area contributed by atoms with Gasteiger partial charge in [0.25, 0.3) is 11.6 Å². The van der Waals surface area contributed by atoms with Crippen LogP contribution in [-0.4, -0.2) is 36.1 Å². The summed E-state index contributed by atoms with van der Waals surface area (Å²) in [6.45, 7) is 3.89. The van der Waals surface area contributed by atoms with Crippen LogP contribution in [0.5, 0.6) is 5.75 Å². The third-order valence-corrected chi connectivity index (χ3v) is 3.60. The predicted molar refractivity (Wildman–Crippen MR) is 81.8 cm³/mol. The van der Waals surface area contributed by atoms with Crippen LogP contribution < -0.4 is 9.64 Å². The van der Waals surface area contributed by atoms with Crippen molar-refractivity contribution >= 4 is 34.9 Å². The third kappa shape index (κ3) is 3.37. The smallest absolute Gasteiger partial charge is 0.310 e. The molecule has 1 aromatic rings. The van der Waals surface area contributed by atoms with E-state index >= 15 is 0 Å². The number of carbonyl (C=O) groups excluding carboxylic acids is 2. The number of halogens is 1. The predicted octanol–water partition coefficient (Wildman–Crippen LogP) is 2.32. The second-order valence-electron chi connectivity index (χ2n) is 4.73. The minimum atomic E-state index is -1.08. The van der Waals surface area contributed by atoms with E-state index in [9.17, 15) is 19.7 Å². The van der Waals surface area contributed by atoms with Crippen LogP contribution in [0.4, 0.5) is 11.4 Å². The molecule has 1 aliphatic rings. The summed E-state index contributed by atoms with van der Waals surface area (Å²) in [4.78, 5) is 35.7. The Bertz CT molecular complexity index is 663. The number of anilines is 1. The van der Waals surface area contributed by atoms with E-state index in [2.05, 4.69) is 0 Å². The first-order valence-electron chi connectivity index (χ1n) is 7.00. The highest BCUT2D eigenvalue weighted by atomic mass is 35.5. The van der Waals surface area contributed by atoms with Crippen molar-refractivity contribution in [1.29, 1.82) is 0 Å². The second-order valence-corrected chi connectivity index (χ2v) is 5.13. The zero-order chi connectivity index (χ0) is 17.1. The minimum absolute atomic E-state index is 0.0903. The summed E-state index contributed by atoms with van der Waals surface area (Å²) < 4.78 is 10.3. The average molecular weight is 343 g/mol. The first-order valence-corrected chi connectivity index (χ1v) is 7.38. The van der Waals surface area contributed by atoms with Gasteiger partial charge in [-0.15, -0.1) is 0 Å². The number of hydrogen-bond acceptors (Lipinski definition) is 6. The maximum Gasteiger partial charge on any atom is 0.310 e. The number of carbonyl (C=O) groups is 2. The van der Waals surface area contributed by atoms with E-state index in [0.717, 1.165) is 6.07 Å². The molecule has 1 unspecified atom stereocenters. The Morgan fingerprint density at radius 2 is 2.17 bits per heavy atom. The first kappa shape index (κ1) is 17.0. The summed E-state index contributed by atoms with van der Waals surface area (Å²) in [5.41, 5.74) is 0.0129. The summed E-state index contributed by atoms with van der Waals surface area (Å²) >= 11 is 5.88. The van der Waals surface area contributed by atoms with Gasteiger partial charge in [0, 0.05) is 6.54 Å². The van der Waals surface area contributed by atoms with Gasteiger partial charge < -0.3 is 14.4 Å².